The number of carbonyl (C=O) groups excluding carboxylic acids is 2. The van der Waals surface area contributed by atoms with Gasteiger partial charge in [-0.05, 0) is 20.8 Å². The fraction of sp³-hybridized carbons (Fsp3) is 0.692. The van der Waals surface area contributed by atoms with Crippen LogP contribution in [0.25, 0.3) is 0 Å². The van der Waals surface area contributed by atoms with Crippen LogP contribution in [-0.4, -0.2) is 60.5 Å². The lowest BCUT2D eigenvalue weighted by Crippen LogP contribution is -2.61. The molecule has 0 aromatic heterocycles. The highest BCUT2D eigenvalue weighted by Gasteiger charge is 2.70. The third-order valence-corrected chi connectivity index (χ3v) is 3.56. The predicted molar refractivity (Wildman–Crippen MR) is 78.4 cm³/mol. The number of esters is 2. The molecule has 1 atom stereocenters. The molecule has 0 heterocycles. The molecule has 0 spiro atoms. The van der Waals surface area contributed by atoms with Crippen molar-refractivity contribution in [1.29, 1.82) is 0 Å². The zero-order valence-electron chi connectivity index (χ0n) is 15.2. The summed E-state index contributed by atoms with van der Waals surface area (Å²) in [7, 11) is -6.41. The van der Waals surface area contributed by atoms with Crippen LogP contribution in [0.4, 0.5) is 35.1 Å². The zero-order valence-corrected chi connectivity index (χ0v) is 16.0. The predicted octanol–water partition coefficient (Wildman–Crippen LogP) is 2.75. The Morgan fingerprint density at radius 2 is 1.37 bits per heavy atom. The lowest BCUT2D eigenvalue weighted by molar-refractivity contribution is -0.362. The van der Waals surface area contributed by atoms with Gasteiger partial charge in [0.25, 0.3) is 0 Å². The van der Waals surface area contributed by atoms with Gasteiger partial charge in [0, 0.05) is 0 Å². The number of hydrogen-bond donors (Lipinski definition) is 1. The lowest BCUT2D eigenvalue weighted by atomic mass is 10.1. The molecule has 0 saturated carbocycles. The first kappa shape index (κ1) is 28.0. The maximum absolute atomic E-state index is 13.5. The molecule has 0 bridgehead atoms. The van der Waals surface area contributed by atoms with Crippen molar-refractivity contribution in [3.05, 3.63) is 12.2 Å². The van der Waals surface area contributed by atoms with Gasteiger partial charge in [-0.15, -0.1) is 0 Å². The molecule has 0 aromatic carbocycles. The number of hydrogen-bond acceptors (Lipinski definition) is 7. The van der Waals surface area contributed by atoms with Crippen molar-refractivity contribution in [3.63, 3.8) is 0 Å². The molecule has 1 N–H and O–H groups in total. The van der Waals surface area contributed by atoms with Gasteiger partial charge in [-0.1, -0.05) is 6.58 Å². The van der Waals surface area contributed by atoms with Crippen molar-refractivity contribution in [2.75, 3.05) is 6.61 Å². The van der Waals surface area contributed by atoms with Crippen LogP contribution < -0.4 is 0 Å². The minimum absolute atomic E-state index is 0.940. The van der Waals surface area contributed by atoms with Crippen LogP contribution in [0.15, 0.2) is 12.2 Å². The monoisotopic (exact) mass is 482 g/mol. The molecular weight excluding hydrogens is 468 g/mol. The molecule has 0 rings (SSSR count). The molecule has 0 saturated heterocycles. The minimum atomic E-state index is -6.41. The molecule has 0 amide bonds. The Morgan fingerprint density at radius 1 is 0.933 bits per heavy atom. The summed E-state index contributed by atoms with van der Waals surface area (Å²) in [5.41, 5.74) is -4.44. The highest BCUT2D eigenvalue weighted by molar-refractivity contribution is 7.86. The SMILES string of the molecule is C=C(C(=O)OC(OCC(F)(F)S(=O)(=O)O)(C(=O)OC(C)(C)C)C(F)(F)F)C(F)(F)F. The van der Waals surface area contributed by atoms with Crippen LogP contribution >= 0.6 is 0 Å². The molecule has 0 radical (unpaired) electrons. The summed E-state index contributed by atoms with van der Waals surface area (Å²) < 4.78 is 145. The van der Waals surface area contributed by atoms with Gasteiger partial charge < -0.3 is 14.2 Å². The Morgan fingerprint density at radius 3 is 1.67 bits per heavy atom. The minimum Gasteiger partial charge on any atom is -0.455 e. The quantitative estimate of drug-likeness (QED) is 0.194. The number of carbonyl (C=O) groups is 2. The van der Waals surface area contributed by atoms with E-state index < -0.39 is 63.2 Å². The van der Waals surface area contributed by atoms with Crippen molar-refractivity contribution in [1.82, 2.24) is 0 Å². The number of halogens is 8. The second-order valence-electron chi connectivity index (χ2n) is 6.38. The molecule has 176 valence electrons. The highest BCUT2D eigenvalue weighted by atomic mass is 32.2. The van der Waals surface area contributed by atoms with Crippen molar-refractivity contribution >= 4 is 22.1 Å². The summed E-state index contributed by atoms with van der Waals surface area (Å²) >= 11 is 0. The molecular formula is C13H14F8O8S. The van der Waals surface area contributed by atoms with E-state index in [1.165, 1.54) is 0 Å². The molecule has 30 heavy (non-hydrogen) atoms. The average Bonchev–Trinajstić information content (AvgIpc) is 2.45. The van der Waals surface area contributed by atoms with Gasteiger partial charge in [-0.25, -0.2) is 9.59 Å². The van der Waals surface area contributed by atoms with E-state index in [4.69, 9.17) is 4.55 Å². The van der Waals surface area contributed by atoms with Crippen molar-refractivity contribution < 1.29 is 71.9 Å². The highest BCUT2D eigenvalue weighted by Crippen LogP contribution is 2.40. The van der Waals surface area contributed by atoms with Crippen molar-refractivity contribution in [3.8, 4) is 0 Å². The standard InChI is InChI=1S/C13H14F8O8S/c1-6(12(16,17)18)7(22)28-11(13(19,20)21,8(23)29-9(2,3)4)27-5-10(14,15)30(24,25)26/h1,5H2,2-4H3,(H,24,25,26). The summed E-state index contributed by atoms with van der Waals surface area (Å²) in [5.74, 6) is -11.1. The Hall–Kier alpha value is -2.01. The zero-order chi connectivity index (χ0) is 24.6. The van der Waals surface area contributed by atoms with Crippen LogP contribution in [-0.2, 0) is 33.9 Å². The van der Waals surface area contributed by atoms with Crippen LogP contribution in [0.1, 0.15) is 20.8 Å². The van der Waals surface area contributed by atoms with Gasteiger partial charge in [0.05, 0.1) is 0 Å². The molecule has 0 aliphatic carbocycles. The normalized spacial score (nSPS) is 15.9. The topological polar surface area (TPSA) is 116 Å². The van der Waals surface area contributed by atoms with Crippen molar-refractivity contribution in [2.45, 2.75) is 49.8 Å². The fourth-order valence-corrected chi connectivity index (χ4v) is 1.51. The average molecular weight is 482 g/mol. The molecule has 0 aromatic rings. The van der Waals surface area contributed by atoms with Gasteiger partial charge in [0.15, 0.2) is 0 Å². The maximum Gasteiger partial charge on any atom is 0.468 e. The van der Waals surface area contributed by atoms with Gasteiger partial charge in [-0.2, -0.15) is 43.5 Å². The second kappa shape index (κ2) is 8.26. The summed E-state index contributed by atoms with van der Waals surface area (Å²) in [6, 6.07) is 0. The molecule has 0 aliphatic heterocycles. The lowest BCUT2D eigenvalue weighted by Gasteiger charge is -2.35. The fourth-order valence-electron chi connectivity index (χ4n) is 1.30. The van der Waals surface area contributed by atoms with Crippen LogP contribution in [0.3, 0.4) is 0 Å². The summed E-state index contributed by atoms with van der Waals surface area (Å²) in [5, 5.41) is -5.50. The van der Waals surface area contributed by atoms with Crippen LogP contribution in [0, 0.1) is 0 Å². The Bertz CT molecular complexity index is 793. The van der Waals surface area contributed by atoms with Gasteiger partial charge in [-0.3, -0.25) is 4.55 Å². The summed E-state index contributed by atoms with van der Waals surface area (Å²) in [4.78, 5) is 23.4. The van der Waals surface area contributed by atoms with Crippen molar-refractivity contribution in [2.24, 2.45) is 0 Å². The van der Waals surface area contributed by atoms with E-state index >= 15 is 0 Å². The molecule has 0 aliphatic rings. The molecule has 8 nitrogen and oxygen atoms in total. The van der Waals surface area contributed by atoms with Crippen LogP contribution in [0.2, 0.25) is 0 Å². The Balaban J connectivity index is 6.46. The number of ether oxygens (including phenoxy) is 3. The van der Waals surface area contributed by atoms with E-state index in [0.717, 1.165) is 20.8 Å². The van der Waals surface area contributed by atoms with Crippen LogP contribution in [0.5, 0.6) is 0 Å². The molecule has 17 heteroatoms. The van der Waals surface area contributed by atoms with E-state index in [1.54, 1.807) is 0 Å². The number of alkyl halides is 8. The third-order valence-electron chi connectivity index (χ3n) is 2.69. The Labute approximate surface area is 163 Å². The van der Waals surface area contributed by atoms with Gasteiger partial charge >= 0.3 is 45.5 Å². The first-order valence-corrected chi connectivity index (χ1v) is 8.60. The smallest absolute Gasteiger partial charge is 0.455 e. The van der Waals surface area contributed by atoms with E-state index in [9.17, 15) is 53.1 Å². The molecule has 0 fully saturated rings. The summed E-state index contributed by atoms with van der Waals surface area (Å²) in [6.07, 6.45) is -12.0. The van der Waals surface area contributed by atoms with E-state index in [0.29, 0.717) is 0 Å². The van der Waals surface area contributed by atoms with E-state index in [-0.39, 0.29) is 0 Å². The summed E-state index contributed by atoms with van der Waals surface area (Å²) in [6.45, 7) is 1.96. The molecule has 1 unspecified atom stereocenters. The first-order valence-electron chi connectivity index (χ1n) is 7.16. The van der Waals surface area contributed by atoms with Gasteiger partial charge in [0.1, 0.15) is 17.8 Å². The van der Waals surface area contributed by atoms with Gasteiger partial charge in [0.2, 0.25) is 0 Å². The maximum atomic E-state index is 13.5. The first-order chi connectivity index (χ1) is 12.9. The third kappa shape index (κ3) is 6.76. The second-order valence-corrected chi connectivity index (χ2v) is 7.93. The van der Waals surface area contributed by atoms with E-state index in [1.807, 2.05) is 0 Å². The Kier molecular flexibility index (Phi) is 7.70. The number of rotatable bonds is 7. The van der Waals surface area contributed by atoms with E-state index in [2.05, 4.69) is 20.8 Å². The largest absolute Gasteiger partial charge is 0.468 e.